The van der Waals surface area contributed by atoms with Crippen molar-refractivity contribution in [3.05, 3.63) is 82.8 Å². The lowest BCUT2D eigenvalue weighted by Crippen LogP contribution is -2.48. The molecule has 0 bridgehead atoms. The number of carbonyl (C=O) groups is 2. The quantitative estimate of drug-likeness (QED) is 0.322. The number of carbonyl (C=O) groups excluding carboxylic acids is 2. The van der Waals surface area contributed by atoms with Gasteiger partial charge in [0.05, 0.1) is 0 Å². The van der Waals surface area contributed by atoms with Crippen LogP contribution in [0.15, 0.2) is 82.4 Å². The summed E-state index contributed by atoms with van der Waals surface area (Å²) in [4.78, 5) is 31.9. The highest BCUT2D eigenvalue weighted by Gasteiger charge is 2.38. The molecule has 1 N–H and O–H groups in total. The standard InChI is InChI=1S/C29H30BrN5O3/c1-20(29(38)22-3-5-23(30)6-4-22)35-28(19-36)34(21(2)31-35)26-9-7-24(8-10-26)32-15-17-33(18-16-32)25-11-13-27(37)14-12-25/h3-14,19-20,28,37H,15-18H2,1-2H3. The van der Waals surface area contributed by atoms with Gasteiger partial charge in [0.15, 0.2) is 18.2 Å². The maximum atomic E-state index is 13.1. The second-order valence-corrected chi connectivity index (χ2v) is 10.4. The average molecular weight is 576 g/mol. The second kappa shape index (κ2) is 10.9. The fraction of sp³-hybridized carbons (Fsp3) is 0.276. The van der Waals surface area contributed by atoms with E-state index in [2.05, 4.69) is 43.0 Å². The van der Waals surface area contributed by atoms with Gasteiger partial charge in [0, 0.05) is 53.3 Å². The maximum Gasteiger partial charge on any atom is 0.186 e. The number of nitrogens with zero attached hydrogens (tertiary/aromatic N) is 5. The van der Waals surface area contributed by atoms with Crippen molar-refractivity contribution < 1.29 is 14.7 Å². The summed E-state index contributed by atoms with van der Waals surface area (Å²) in [5, 5.41) is 15.7. The van der Waals surface area contributed by atoms with Gasteiger partial charge in [-0.2, -0.15) is 5.10 Å². The highest BCUT2D eigenvalue weighted by molar-refractivity contribution is 9.10. The van der Waals surface area contributed by atoms with Crippen LogP contribution in [0.3, 0.4) is 0 Å². The largest absolute Gasteiger partial charge is 0.508 e. The van der Waals surface area contributed by atoms with E-state index < -0.39 is 12.2 Å². The summed E-state index contributed by atoms with van der Waals surface area (Å²) in [6.45, 7) is 7.16. The summed E-state index contributed by atoms with van der Waals surface area (Å²) in [7, 11) is 0. The summed E-state index contributed by atoms with van der Waals surface area (Å²) in [5.74, 6) is 0.841. The minimum atomic E-state index is -0.705. The predicted molar refractivity (Wildman–Crippen MR) is 154 cm³/mol. The van der Waals surface area contributed by atoms with Gasteiger partial charge in [-0.25, -0.2) is 0 Å². The molecule has 0 saturated carbocycles. The molecule has 2 atom stereocenters. The molecule has 38 heavy (non-hydrogen) atoms. The van der Waals surface area contributed by atoms with Gasteiger partial charge in [0.25, 0.3) is 0 Å². The van der Waals surface area contributed by atoms with Gasteiger partial charge in [-0.15, -0.1) is 0 Å². The zero-order chi connectivity index (χ0) is 26.8. The summed E-state index contributed by atoms with van der Waals surface area (Å²) in [5.41, 5.74) is 3.65. The number of hydrogen-bond donors (Lipinski definition) is 1. The lowest BCUT2D eigenvalue weighted by atomic mass is 10.0. The van der Waals surface area contributed by atoms with E-state index in [0.29, 0.717) is 11.4 Å². The summed E-state index contributed by atoms with van der Waals surface area (Å²) in [6.07, 6.45) is 0.131. The van der Waals surface area contributed by atoms with Gasteiger partial charge in [0.1, 0.15) is 17.6 Å². The van der Waals surface area contributed by atoms with Gasteiger partial charge >= 0.3 is 0 Å². The summed E-state index contributed by atoms with van der Waals surface area (Å²) >= 11 is 3.40. The Labute approximate surface area is 230 Å². The van der Waals surface area contributed by atoms with Crippen molar-refractivity contribution in [2.75, 3.05) is 40.9 Å². The molecule has 8 nitrogen and oxygen atoms in total. The molecule has 2 heterocycles. The van der Waals surface area contributed by atoms with Crippen molar-refractivity contribution in [3.8, 4) is 5.75 Å². The zero-order valence-corrected chi connectivity index (χ0v) is 23.0. The number of hydrogen-bond acceptors (Lipinski definition) is 8. The first kappa shape index (κ1) is 25.8. The van der Waals surface area contributed by atoms with E-state index in [-0.39, 0.29) is 11.5 Å². The molecule has 0 amide bonds. The highest BCUT2D eigenvalue weighted by Crippen LogP contribution is 2.30. The SMILES string of the molecule is CC1=NN(C(C)C(=O)c2ccc(Br)cc2)C(C=O)N1c1ccc(N2CCN(c3ccc(O)cc3)CC2)cc1. The van der Waals surface area contributed by atoms with Crippen LogP contribution in [-0.2, 0) is 4.79 Å². The molecule has 0 spiro atoms. The van der Waals surface area contributed by atoms with Gasteiger partial charge < -0.3 is 14.9 Å². The number of hydrazone groups is 1. The Hall–Kier alpha value is -3.85. The van der Waals surface area contributed by atoms with E-state index in [0.717, 1.165) is 54.0 Å². The van der Waals surface area contributed by atoms with Crippen LogP contribution in [0.2, 0.25) is 0 Å². The van der Waals surface area contributed by atoms with Gasteiger partial charge in [-0.3, -0.25) is 19.5 Å². The molecule has 1 saturated heterocycles. The fourth-order valence-corrected chi connectivity index (χ4v) is 5.31. The smallest absolute Gasteiger partial charge is 0.186 e. The molecule has 1 fully saturated rings. The van der Waals surface area contributed by atoms with Crippen molar-refractivity contribution in [2.24, 2.45) is 5.10 Å². The third kappa shape index (κ3) is 5.11. The molecule has 0 aliphatic carbocycles. The Morgan fingerprint density at radius 3 is 1.92 bits per heavy atom. The molecule has 196 valence electrons. The minimum Gasteiger partial charge on any atom is -0.508 e. The van der Waals surface area contributed by atoms with Crippen molar-refractivity contribution >= 4 is 50.9 Å². The number of halogens is 1. The molecule has 0 aromatic heterocycles. The number of piperazine rings is 1. The van der Waals surface area contributed by atoms with E-state index >= 15 is 0 Å². The minimum absolute atomic E-state index is 0.0930. The number of phenolic OH excluding ortho intramolecular Hbond substituents is 1. The number of aldehydes is 1. The number of rotatable bonds is 7. The number of ketones is 1. The number of anilines is 3. The molecule has 2 aliphatic heterocycles. The fourth-order valence-electron chi connectivity index (χ4n) is 5.05. The van der Waals surface area contributed by atoms with Crippen molar-refractivity contribution in [3.63, 3.8) is 0 Å². The van der Waals surface area contributed by atoms with Crippen LogP contribution in [0, 0.1) is 0 Å². The Morgan fingerprint density at radius 2 is 1.39 bits per heavy atom. The van der Waals surface area contributed by atoms with Crippen LogP contribution in [0.25, 0.3) is 0 Å². The summed E-state index contributed by atoms with van der Waals surface area (Å²) in [6, 6.07) is 22.1. The number of phenols is 1. The number of aromatic hydroxyl groups is 1. The number of amidine groups is 1. The van der Waals surface area contributed by atoms with E-state index in [1.165, 1.54) is 0 Å². The van der Waals surface area contributed by atoms with Gasteiger partial charge in [-0.1, -0.05) is 28.1 Å². The molecule has 3 aromatic carbocycles. The van der Waals surface area contributed by atoms with Crippen LogP contribution < -0.4 is 14.7 Å². The normalized spacial score (nSPS) is 18.4. The van der Waals surface area contributed by atoms with Crippen LogP contribution in [-0.4, -0.2) is 66.4 Å². The first-order chi connectivity index (χ1) is 18.4. The van der Waals surface area contributed by atoms with E-state index in [1.54, 1.807) is 36.2 Å². The molecule has 5 rings (SSSR count). The summed E-state index contributed by atoms with van der Waals surface area (Å²) < 4.78 is 0.899. The molecular weight excluding hydrogens is 546 g/mol. The molecule has 9 heteroatoms. The second-order valence-electron chi connectivity index (χ2n) is 9.50. The third-order valence-corrected chi connectivity index (χ3v) is 7.69. The van der Waals surface area contributed by atoms with Crippen LogP contribution in [0.5, 0.6) is 5.75 Å². The first-order valence-electron chi connectivity index (χ1n) is 12.6. The molecule has 3 aromatic rings. The zero-order valence-electron chi connectivity index (χ0n) is 21.4. The highest BCUT2D eigenvalue weighted by atomic mass is 79.9. The van der Waals surface area contributed by atoms with Crippen molar-refractivity contribution in [1.29, 1.82) is 0 Å². The molecular formula is C29H30BrN5O3. The maximum absolute atomic E-state index is 13.1. The van der Waals surface area contributed by atoms with Crippen molar-refractivity contribution in [2.45, 2.75) is 26.1 Å². The predicted octanol–water partition coefficient (Wildman–Crippen LogP) is 4.73. The Bertz CT molecular complexity index is 1320. The molecule has 0 radical (unpaired) electrons. The molecule has 2 aliphatic rings. The Kier molecular flexibility index (Phi) is 7.37. The van der Waals surface area contributed by atoms with E-state index in [4.69, 9.17) is 0 Å². The monoisotopic (exact) mass is 575 g/mol. The first-order valence-corrected chi connectivity index (χ1v) is 13.4. The number of Topliss-reactive ketones (excluding diaryl/α,β-unsaturated/α-hetero) is 1. The Morgan fingerprint density at radius 1 is 0.895 bits per heavy atom. The Balaban J connectivity index is 1.26. The van der Waals surface area contributed by atoms with E-state index in [1.807, 2.05) is 48.2 Å². The topological polar surface area (TPSA) is 79.7 Å². The number of benzene rings is 3. The average Bonchev–Trinajstić information content (AvgIpc) is 3.29. The molecule has 2 unspecified atom stereocenters. The lowest BCUT2D eigenvalue weighted by Gasteiger charge is -2.37. The lowest BCUT2D eigenvalue weighted by molar-refractivity contribution is -0.112. The van der Waals surface area contributed by atoms with Crippen LogP contribution in [0.1, 0.15) is 24.2 Å². The van der Waals surface area contributed by atoms with Gasteiger partial charge in [0.2, 0.25) is 0 Å². The van der Waals surface area contributed by atoms with Crippen molar-refractivity contribution in [1.82, 2.24) is 5.01 Å². The van der Waals surface area contributed by atoms with E-state index in [9.17, 15) is 14.7 Å². The van der Waals surface area contributed by atoms with Gasteiger partial charge in [-0.05, 0) is 74.5 Å². The van der Waals surface area contributed by atoms with Crippen LogP contribution >= 0.6 is 15.9 Å². The third-order valence-electron chi connectivity index (χ3n) is 7.16. The van der Waals surface area contributed by atoms with Crippen LogP contribution in [0.4, 0.5) is 17.1 Å².